The molecule has 0 radical (unpaired) electrons. The van der Waals surface area contributed by atoms with Gasteiger partial charge in [-0.15, -0.1) is 0 Å². The van der Waals surface area contributed by atoms with E-state index in [0.717, 1.165) is 0 Å². The Hall–Kier alpha value is -1.97. The smallest absolute Gasteiger partial charge is 0.321 e. The number of imide groups is 1. The van der Waals surface area contributed by atoms with Crippen molar-refractivity contribution in [1.29, 1.82) is 0 Å². The van der Waals surface area contributed by atoms with E-state index in [0.29, 0.717) is 32.5 Å². The minimum absolute atomic E-state index is 0.171. The van der Waals surface area contributed by atoms with Crippen molar-refractivity contribution >= 4 is 22.0 Å². The van der Waals surface area contributed by atoms with Gasteiger partial charge in [0.25, 0.3) is 0 Å². The first-order valence-electron chi connectivity index (χ1n) is 8.73. The van der Waals surface area contributed by atoms with Crippen molar-refractivity contribution < 1.29 is 18.0 Å². The van der Waals surface area contributed by atoms with Gasteiger partial charge in [0.1, 0.15) is 0 Å². The van der Waals surface area contributed by atoms with E-state index >= 15 is 0 Å². The highest BCUT2D eigenvalue weighted by Crippen LogP contribution is 2.16. The molecular formula is C17H26N4O4S. The Balaban J connectivity index is 1.85. The maximum Gasteiger partial charge on any atom is 0.321 e. The number of hydrogen-bond donors (Lipinski definition) is 3. The van der Waals surface area contributed by atoms with Gasteiger partial charge >= 0.3 is 6.03 Å². The third-order valence-corrected chi connectivity index (χ3v) is 5.94. The number of likely N-dealkylation sites (tertiary alicyclic amines) is 1. The van der Waals surface area contributed by atoms with Crippen LogP contribution in [0.5, 0.6) is 0 Å². The van der Waals surface area contributed by atoms with E-state index in [1.54, 1.807) is 44.2 Å². The first-order chi connectivity index (χ1) is 12.3. The highest BCUT2D eigenvalue weighted by molar-refractivity contribution is 7.89. The van der Waals surface area contributed by atoms with E-state index in [1.165, 1.54) is 0 Å². The second-order valence-corrected chi connectivity index (χ2v) is 7.98. The van der Waals surface area contributed by atoms with Gasteiger partial charge in [-0.05, 0) is 38.8 Å². The monoisotopic (exact) mass is 382 g/mol. The molecule has 1 aromatic carbocycles. The van der Waals surface area contributed by atoms with E-state index in [9.17, 15) is 18.0 Å². The molecule has 1 saturated heterocycles. The second-order valence-electron chi connectivity index (χ2n) is 6.27. The minimum Gasteiger partial charge on any atom is -0.338 e. The Morgan fingerprint density at radius 2 is 1.81 bits per heavy atom. The molecular weight excluding hydrogens is 356 g/mol. The standard InChI is InChI=1S/C17H26N4O4S/c1-3-18-17(23)19-16(22)13(2)21-11-9-14(10-12-21)20-26(24,25)15-7-5-4-6-8-15/h4-8,13-14,20H,3,9-12H2,1-2H3,(H2,18,19,22,23)/t13-/m0/s1. The zero-order valence-corrected chi connectivity index (χ0v) is 15.9. The first-order valence-corrected chi connectivity index (χ1v) is 10.2. The summed E-state index contributed by atoms with van der Waals surface area (Å²) in [5.41, 5.74) is 0. The summed E-state index contributed by atoms with van der Waals surface area (Å²) < 4.78 is 27.5. The second kappa shape index (κ2) is 9.11. The van der Waals surface area contributed by atoms with Crippen LogP contribution in [0.4, 0.5) is 4.79 Å². The number of hydrogen-bond acceptors (Lipinski definition) is 5. The van der Waals surface area contributed by atoms with Gasteiger partial charge in [-0.3, -0.25) is 15.0 Å². The fourth-order valence-electron chi connectivity index (χ4n) is 2.88. The summed E-state index contributed by atoms with van der Waals surface area (Å²) in [6.07, 6.45) is 1.20. The predicted octanol–water partition coefficient (Wildman–Crippen LogP) is 0.664. The number of nitrogens with zero attached hydrogens (tertiary/aromatic N) is 1. The Kier molecular flexibility index (Phi) is 7.13. The van der Waals surface area contributed by atoms with E-state index in [-0.39, 0.29) is 16.8 Å². The molecule has 1 heterocycles. The number of carbonyl (C=O) groups excluding carboxylic acids is 2. The SMILES string of the molecule is CCNC(=O)NC(=O)[C@H](C)N1CCC(NS(=O)(=O)c2ccccc2)CC1. The molecule has 3 amide bonds. The third kappa shape index (κ3) is 5.52. The number of carbonyl (C=O) groups is 2. The average Bonchev–Trinajstić information content (AvgIpc) is 2.62. The van der Waals surface area contributed by atoms with Crippen LogP contribution in [0.25, 0.3) is 0 Å². The Morgan fingerprint density at radius 1 is 1.19 bits per heavy atom. The van der Waals surface area contributed by atoms with Crippen molar-refractivity contribution in [1.82, 2.24) is 20.3 Å². The average molecular weight is 382 g/mol. The summed E-state index contributed by atoms with van der Waals surface area (Å²) in [6, 6.07) is 7.13. The van der Waals surface area contributed by atoms with Gasteiger partial charge in [0, 0.05) is 25.7 Å². The fraction of sp³-hybridized carbons (Fsp3) is 0.529. The number of rotatable bonds is 6. The van der Waals surface area contributed by atoms with Gasteiger partial charge in [0.05, 0.1) is 10.9 Å². The number of piperidine rings is 1. The van der Waals surface area contributed by atoms with Crippen LogP contribution in [0.15, 0.2) is 35.2 Å². The van der Waals surface area contributed by atoms with E-state index in [4.69, 9.17) is 0 Å². The predicted molar refractivity (Wildman–Crippen MR) is 98.0 cm³/mol. The number of urea groups is 1. The van der Waals surface area contributed by atoms with Crippen LogP contribution >= 0.6 is 0 Å². The topological polar surface area (TPSA) is 108 Å². The maximum absolute atomic E-state index is 12.4. The molecule has 0 spiro atoms. The molecule has 0 unspecified atom stereocenters. The molecule has 0 aromatic heterocycles. The first kappa shape index (κ1) is 20.3. The summed E-state index contributed by atoms with van der Waals surface area (Å²) in [5, 5.41) is 4.82. The van der Waals surface area contributed by atoms with Crippen molar-refractivity contribution in [2.24, 2.45) is 0 Å². The summed E-state index contributed by atoms with van der Waals surface area (Å²) >= 11 is 0. The molecule has 3 N–H and O–H groups in total. The van der Waals surface area contributed by atoms with Crippen LogP contribution in [-0.2, 0) is 14.8 Å². The van der Waals surface area contributed by atoms with Crippen LogP contribution in [0, 0.1) is 0 Å². The normalized spacial score (nSPS) is 17.5. The molecule has 1 atom stereocenters. The molecule has 26 heavy (non-hydrogen) atoms. The summed E-state index contributed by atoms with van der Waals surface area (Å²) in [4.78, 5) is 25.7. The zero-order valence-electron chi connectivity index (χ0n) is 15.1. The Labute approximate surface area is 154 Å². The number of benzene rings is 1. The van der Waals surface area contributed by atoms with Gasteiger partial charge in [0.2, 0.25) is 15.9 Å². The van der Waals surface area contributed by atoms with Crippen LogP contribution in [0.1, 0.15) is 26.7 Å². The van der Waals surface area contributed by atoms with Crippen molar-refractivity contribution in [2.45, 2.75) is 43.7 Å². The van der Waals surface area contributed by atoms with Crippen LogP contribution < -0.4 is 15.4 Å². The number of nitrogens with one attached hydrogen (secondary N) is 3. The zero-order chi connectivity index (χ0) is 19.2. The summed E-state index contributed by atoms with van der Waals surface area (Å²) in [6.45, 7) is 5.11. The Morgan fingerprint density at radius 3 is 2.38 bits per heavy atom. The molecule has 144 valence electrons. The van der Waals surface area contributed by atoms with Crippen LogP contribution in [-0.4, -0.2) is 57.0 Å². The van der Waals surface area contributed by atoms with Crippen LogP contribution in [0.2, 0.25) is 0 Å². The summed E-state index contributed by atoms with van der Waals surface area (Å²) in [7, 11) is -3.54. The highest BCUT2D eigenvalue weighted by Gasteiger charge is 2.29. The lowest BCUT2D eigenvalue weighted by atomic mass is 10.0. The number of amides is 3. The lowest BCUT2D eigenvalue weighted by molar-refractivity contribution is -0.125. The largest absolute Gasteiger partial charge is 0.338 e. The summed E-state index contributed by atoms with van der Waals surface area (Å²) in [5.74, 6) is -0.362. The quantitative estimate of drug-likeness (QED) is 0.670. The molecule has 8 nitrogen and oxygen atoms in total. The molecule has 0 saturated carbocycles. The van der Waals surface area contributed by atoms with Gasteiger partial charge < -0.3 is 5.32 Å². The Bertz CT molecular complexity index is 716. The van der Waals surface area contributed by atoms with E-state index in [1.807, 2.05) is 4.90 Å². The van der Waals surface area contributed by atoms with Gasteiger partial charge in [-0.1, -0.05) is 18.2 Å². The third-order valence-electron chi connectivity index (χ3n) is 4.41. The van der Waals surface area contributed by atoms with Crippen molar-refractivity contribution in [3.8, 4) is 0 Å². The molecule has 0 aliphatic carbocycles. The van der Waals surface area contributed by atoms with Gasteiger partial charge in [-0.25, -0.2) is 17.9 Å². The lowest BCUT2D eigenvalue weighted by Crippen LogP contribution is -2.53. The molecule has 1 aliphatic heterocycles. The maximum atomic E-state index is 12.4. The van der Waals surface area contributed by atoms with Crippen molar-refractivity contribution in [3.63, 3.8) is 0 Å². The number of sulfonamides is 1. The van der Waals surface area contributed by atoms with E-state index in [2.05, 4.69) is 15.4 Å². The lowest BCUT2D eigenvalue weighted by Gasteiger charge is -2.35. The molecule has 1 aliphatic rings. The van der Waals surface area contributed by atoms with Gasteiger partial charge in [0.15, 0.2) is 0 Å². The molecule has 0 bridgehead atoms. The molecule has 1 fully saturated rings. The van der Waals surface area contributed by atoms with Crippen LogP contribution in [0.3, 0.4) is 0 Å². The molecule has 1 aromatic rings. The van der Waals surface area contributed by atoms with Gasteiger partial charge in [-0.2, -0.15) is 0 Å². The minimum atomic E-state index is -3.54. The van der Waals surface area contributed by atoms with Crippen molar-refractivity contribution in [3.05, 3.63) is 30.3 Å². The van der Waals surface area contributed by atoms with Crippen molar-refractivity contribution in [2.75, 3.05) is 19.6 Å². The fourth-order valence-corrected chi connectivity index (χ4v) is 4.20. The van der Waals surface area contributed by atoms with E-state index < -0.39 is 22.1 Å². The highest BCUT2D eigenvalue weighted by atomic mass is 32.2. The molecule has 2 rings (SSSR count). The molecule has 9 heteroatoms.